The number of thioether (sulfide) groups is 2. The third-order valence-electron chi connectivity index (χ3n) is 1.59. The summed E-state index contributed by atoms with van der Waals surface area (Å²) in [5, 5.41) is 0.299. The predicted octanol–water partition coefficient (Wildman–Crippen LogP) is 3.44. The van der Waals surface area contributed by atoms with Gasteiger partial charge in [0.15, 0.2) is 5.12 Å². The van der Waals surface area contributed by atoms with E-state index in [1.54, 1.807) is 0 Å². The zero-order valence-corrected chi connectivity index (χ0v) is 10.5. The van der Waals surface area contributed by atoms with E-state index < -0.39 is 0 Å². The Bertz CT molecular complexity index is 123. The summed E-state index contributed by atoms with van der Waals surface area (Å²) >= 11 is 3.47. The summed E-state index contributed by atoms with van der Waals surface area (Å²) in [5.41, 5.74) is 0. The fourth-order valence-electron chi connectivity index (χ4n) is 0.819. The molecule has 0 saturated carbocycles. The van der Waals surface area contributed by atoms with E-state index in [1.165, 1.54) is 36.1 Å². The Kier molecular flexibility index (Phi) is 9.20. The number of carbonyl (C=O) groups excluding carboxylic acids is 1. The van der Waals surface area contributed by atoms with Crippen LogP contribution in [0.3, 0.4) is 0 Å². The Morgan fingerprint density at radius 3 is 2.08 bits per heavy atom. The van der Waals surface area contributed by atoms with Crippen LogP contribution in [0.2, 0.25) is 0 Å². The molecule has 1 aliphatic heterocycles. The normalized spacial score (nSPS) is 15.4. The zero-order chi connectivity index (χ0) is 10.1. The molecule has 0 unspecified atom stereocenters. The van der Waals surface area contributed by atoms with Crippen LogP contribution in [-0.4, -0.2) is 22.4 Å². The lowest BCUT2D eigenvalue weighted by Gasteiger charge is -1.98. The van der Waals surface area contributed by atoms with Crippen LogP contribution in [0.15, 0.2) is 0 Å². The predicted molar refractivity (Wildman–Crippen MR) is 64.5 cm³/mol. The van der Waals surface area contributed by atoms with Crippen molar-refractivity contribution in [2.24, 2.45) is 5.92 Å². The van der Waals surface area contributed by atoms with Crippen LogP contribution in [0.4, 0.5) is 0 Å². The van der Waals surface area contributed by atoms with Crippen LogP contribution in [0.5, 0.6) is 0 Å². The molecular formula is C10H20OS2. The van der Waals surface area contributed by atoms with Gasteiger partial charge in [0.05, 0.1) is 0 Å². The molecule has 0 aromatic heterocycles. The van der Waals surface area contributed by atoms with Crippen LogP contribution in [0.1, 0.15) is 33.6 Å². The first-order chi connectivity index (χ1) is 6.18. The van der Waals surface area contributed by atoms with Crippen LogP contribution in [0.25, 0.3) is 0 Å². The van der Waals surface area contributed by atoms with Gasteiger partial charge in [0.25, 0.3) is 0 Å². The maximum absolute atomic E-state index is 10.7. The summed E-state index contributed by atoms with van der Waals surface area (Å²) in [6.07, 6.45) is 2.93. The second-order valence-electron chi connectivity index (χ2n) is 3.23. The van der Waals surface area contributed by atoms with Crippen molar-refractivity contribution in [1.29, 1.82) is 0 Å². The Labute approximate surface area is 90.4 Å². The number of carbonyl (C=O) groups is 1. The largest absolute Gasteiger partial charge is 0.287 e. The zero-order valence-electron chi connectivity index (χ0n) is 8.84. The van der Waals surface area contributed by atoms with Gasteiger partial charge >= 0.3 is 0 Å². The second-order valence-corrected chi connectivity index (χ2v) is 5.72. The van der Waals surface area contributed by atoms with Gasteiger partial charge in [-0.15, -0.1) is 0 Å². The average Bonchev–Trinajstić information content (AvgIpc) is 2.61. The average molecular weight is 220 g/mol. The fraction of sp³-hybridized carbons (Fsp3) is 0.900. The van der Waals surface area contributed by atoms with E-state index in [0.717, 1.165) is 5.75 Å². The molecule has 13 heavy (non-hydrogen) atoms. The highest BCUT2D eigenvalue weighted by atomic mass is 32.2. The third kappa shape index (κ3) is 8.69. The quantitative estimate of drug-likeness (QED) is 0.709. The minimum absolute atomic E-state index is 0.194. The molecule has 1 heterocycles. The van der Waals surface area contributed by atoms with Gasteiger partial charge in [-0.1, -0.05) is 32.5 Å². The lowest BCUT2D eigenvalue weighted by Crippen LogP contribution is -2.00. The van der Waals surface area contributed by atoms with Gasteiger partial charge in [0, 0.05) is 5.92 Å². The molecule has 78 valence electrons. The van der Waals surface area contributed by atoms with Gasteiger partial charge in [-0.2, -0.15) is 11.8 Å². The minimum atomic E-state index is 0.194. The standard InChI is InChI=1S/C6H12OS.C4H8S/c1-4-8-6(7)5(2)3;1-2-4-5-3-1/h5H,4H2,1-3H3;1-4H2. The first-order valence-corrected chi connectivity index (χ1v) is 7.07. The summed E-state index contributed by atoms with van der Waals surface area (Å²) in [5.74, 6) is 3.93. The van der Waals surface area contributed by atoms with Crippen LogP contribution in [0, 0.1) is 5.92 Å². The van der Waals surface area contributed by atoms with E-state index in [4.69, 9.17) is 0 Å². The van der Waals surface area contributed by atoms with Gasteiger partial charge in [-0.05, 0) is 30.1 Å². The summed E-state index contributed by atoms with van der Waals surface area (Å²) in [6.45, 7) is 5.83. The lowest BCUT2D eigenvalue weighted by atomic mass is 10.3. The smallest absolute Gasteiger partial charge is 0.191 e. The molecule has 1 rings (SSSR count). The van der Waals surface area contributed by atoms with Gasteiger partial charge < -0.3 is 0 Å². The highest BCUT2D eigenvalue weighted by Gasteiger charge is 2.04. The van der Waals surface area contributed by atoms with E-state index in [0.29, 0.717) is 5.12 Å². The number of hydrogen-bond donors (Lipinski definition) is 0. The molecule has 0 amide bonds. The number of hydrogen-bond acceptors (Lipinski definition) is 3. The van der Waals surface area contributed by atoms with E-state index in [9.17, 15) is 4.79 Å². The monoisotopic (exact) mass is 220 g/mol. The topological polar surface area (TPSA) is 17.1 Å². The van der Waals surface area contributed by atoms with Crippen molar-refractivity contribution in [3.8, 4) is 0 Å². The molecule has 1 aliphatic rings. The highest BCUT2D eigenvalue weighted by molar-refractivity contribution is 8.13. The van der Waals surface area contributed by atoms with Crippen molar-refractivity contribution < 1.29 is 4.79 Å². The second kappa shape index (κ2) is 8.95. The van der Waals surface area contributed by atoms with E-state index >= 15 is 0 Å². The highest BCUT2D eigenvalue weighted by Crippen LogP contribution is 2.14. The molecule has 0 radical (unpaired) electrons. The Morgan fingerprint density at radius 2 is 1.92 bits per heavy atom. The molecule has 0 bridgehead atoms. The summed E-state index contributed by atoms with van der Waals surface area (Å²) in [4.78, 5) is 10.7. The fourth-order valence-corrected chi connectivity index (χ4v) is 2.46. The molecular weight excluding hydrogens is 200 g/mol. The maximum Gasteiger partial charge on any atom is 0.191 e. The number of rotatable bonds is 2. The van der Waals surface area contributed by atoms with Crippen molar-refractivity contribution in [2.75, 3.05) is 17.3 Å². The van der Waals surface area contributed by atoms with E-state index in [2.05, 4.69) is 11.8 Å². The van der Waals surface area contributed by atoms with Crippen molar-refractivity contribution in [3.63, 3.8) is 0 Å². The lowest BCUT2D eigenvalue weighted by molar-refractivity contribution is -0.113. The van der Waals surface area contributed by atoms with E-state index in [-0.39, 0.29) is 5.92 Å². The Balaban J connectivity index is 0.000000243. The molecule has 0 aromatic carbocycles. The molecule has 1 fully saturated rings. The van der Waals surface area contributed by atoms with Gasteiger partial charge in [0.2, 0.25) is 0 Å². The summed E-state index contributed by atoms with van der Waals surface area (Å²) in [6, 6.07) is 0. The van der Waals surface area contributed by atoms with Gasteiger partial charge in [0.1, 0.15) is 0 Å². The SMILES string of the molecule is C1CCSC1.CCSC(=O)C(C)C. The van der Waals surface area contributed by atoms with Crippen LogP contribution < -0.4 is 0 Å². The first kappa shape index (κ1) is 13.4. The molecule has 1 nitrogen and oxygen atoms in total. The van der Waals surface area contributed by atoms with Crippen molar-refractivity contribution >= 4 is 28.6 Å². The van der Waals surface area contributed by atoms with E-state index in [1.807, 2.05) is 20.8 Å². The van der Waals surface area contributed by atoms with Crippen molar-refractivity contribution in [1.82, 2.24) is 0 Å². The molecule has 0 spiro atoms. The molecule has 0 aromatic rings. The third-order valence-corrected chi connectivity index (χ3v) is 3.78. The van der Waals surface area contributed by atoms with Gasteiger partial charge in [-0.25, -0.2) is 0 Å². The summed E-state index contributed by atoms with van der Waals surface area (Å²) < 4.78 is 0. The molecule has 3 heteroatoms. The van der Waals surface area contributed by atoms with Crippen molar-refractivity contribution in [2.45, 2.75) is 33.6 Å². The molecule has 0 aliphatic carbocycles. The first-order valence-electron chi connectivity index (χ1n) is 4.92. The molecule has 0 N–H and O–H groups in total. The van der Waals surface area contributed by atoms with Crippen LogP contribution in [-0.2, 0) is 4.79 Å². The molecule has 0 atom stereocenters. The minimum Gasteiger partial charge on any atom is -0.287 e. The van der Waals surface area contributed by atoms with Crippen LogP contribution >= 0.6 is 23.5 Å². The van der Waals surface area contributed by atoms with Crippen molar-refractivity contribution in [3.05, 3.63) is 0 Å². The Hall–Kier alpha value is 0.370. The maximum atomic E-state index is 10.7. The Morgan fingerprint density at radius 1 is 1.38 bits per heavy atom. The molecule has 1 saturated heterocycles. The van der Waals surface area contributed by atoms with Gasteiger partial charge in [-0.3, -0.25) is 4.79 Å². The summed E-state index contributed by atoms with van der Waals surface area (Å²) in [7, 11) is 0.